The largest absolute Gasteiger partial charge is 0.351 e. The molecule has 0 atom stereocenters. The molecule has 0 aliphatic carbocycles. The Hall–Kier alpha value is -1.16. The maximum Gasteiger partial charge on any atom is 0.254 e. The van der Waals surface area contributed by atoms with Crippen LogP contribution in [0.4, 0.5) is 0 Å². The van der Waals surface area contributed by atoms with Crippen LogP contribution < -0.4 is 5.32 Å². The Labute approximate surface area is 100 Å². The predicted molar refractivity (Wildman–Crippen MR) is 63.5 cm³/mol. The van der Waals surface area contributed by atoms with Crippen molar-refractivity contribution in [2.45, 2.75) is 20.3 Å². The lowest BCUT2D eigenvalue weighted by Gasteiger charge is -2.23. The van der Waals surface area contributed by atoms with E-state index in [0.717, 1.165) is 6.42 Å². The van der Waals surface area contributed by atoms with Gasteiger partial charge in [0.1, 0.15) is 6.33 Å². The zero-order valence-electron chi connectivity index (χ0n) is 9.53. The molecule has 1 amide bonds. The maximum atomic E-state index is 11.7. The molecule has 1 aromatic rings. The van der Waals surface area contributed by atoms with E-state index in [1.165, 1.54) is 18.7 Å². The number of aromatic nitrogens is 2. The average Bonchev–Trinajstić information content (AvgIpc) is 2.27. The smallest absolute Gasteiger partial charge is 0.254 e. The molecule has 0 unspecified atom stereocenters. The Morgan fingerprint density at radius 1 is 1.44 bits per heavy atom. The number of hydrogen-bond acceptors (Lipinski definition) is 3. The van der Waals surface area contributed by atoms with Gasteiger partial charge in [-0.2, -0.15) is 0 Å². The lowest BCUT2D eigenvalue weighted by Crippen LogP contribution is -2.34. The Balaban J connectivity index is 2.48. The zero-order chi connectivity index (χ0) is 12.0. The molecule has 0 radical (unpaired) electrons. The Kier molecular flexibility index (Phi) is 4.68. The number of nitrogens with zero attached hydrogens (tertiary/aromatic N) is 2. The van der Waals surface area contributed by atoms with E-state index in [4.69, 9.17) is 11.6 Å². The third kappa shape index (κ3) is 4.14. The molecule has 4 nitrogen and oxygen atoms in total. The summed E-state index contributed by atoms with van der Waals surface area (Å²) < 4.78 is 0. The van der Waals surface area contributed by atoms with Crippen molar-refractivity contribution in [2.75, 3.05) is 12.4 Å². The molecule has 0 spiro atoms. The minimum atomic E-state index is -0.150. The summed E-state index contributed by atoms with van der Waals surface area (Å²) in [6, 6.07) is 0. The molecule has 0 aliphatic heterocycles. The first-order chi connectivity index (χ1) is 7.55. The fourth-order valence-corrected chi connectivity index (χ4v) is 1.69. The molecule has 0 aromatic carbocycles. The summed E-state index contributed by atoms with van der Waals surface area (Å²) in [4.78, 5) is 19.3. The molecule has 16 heavy (non-hydrogen) atoms. The molecule has 0 aliphatic rings. The number of carbonyl (C=O) groups is 1. The average molecular weight is 242 g/mol. The third-order valence-electron chi connectivity index (χ3n) is 2.32. The quantitative estimate of drug-likeness (QED) is 0.801. The van der Waals surface area contributed by atoms with Crippen LogP contribution in [0, 0.1) is 5.41 Å². The second-order valence-electron chi connectivity index (χ2n) is 4.41. The van der Waals surface area contributed by atoms with E-state index in [1.807, 2.05) is 0 Å². The van der Waals surface area contributed by atoms with E-state index >= 15 is 0 Å². The molecule has 0 saturated heterocycles. The maximum absolute atomic E-state index is 11.7. The first-order valence-corrected chi connectivity index (χ1v) is 5.68. The minimum Gasteiger partial charge on any atom is -0.351 e. The van der Waals surface area contributed by atoms with E-state index in [0.29, 0.717) is 18.0 Å². The van der Waals surface area contributed by atoms with Gasteiger partial charge in [0.05, 0.1) is 5.56 Å². The number of alkyl halides is 1. The summed E-state index contributed by atoms with van der Waals surface area (Å²) >= 11 is 5.69. The Morgan fingerprint density at radius 2 is 2.06 bits per heavy atom. The first-order valence-electron chi connectivity index (χ1n) is 5.14. The number of carbonyl (C=O) groups excluding carboxylic acids is 1. The number of halogens is 1. The number of amides is 1. The second-order valence-corrected chi connectivity index (χ2v) is 4.79. The molecule has 0 fully saturated rings. The van der Waals surface area contributed by atoms with Crippen LogP contribution in [0.3, 0.4) is 0 Å². The van der Waals surface area contributed by atoms with E-state index in [2.05, 4.69) is 29.1 Å². The normalized spacial score (nSPS) is 11.2. The van der Waals surface area contributed by atoms with Crippen molar-refractivity contribution < 1.29 is 4.79 Å². The van der Waals surface area contributed by atoms with Gasteiger partial charge in [-0.1, -0.05) is 13.8 Å². The molecular formula is C11H16ClN3O. The molecule has 1 rings (SSSR count). The van der Waals surface area contributed by atoms with Crippen LogP contribution in [0.5, 0.6) is 0 Å². The van der Waals surface area contributed by atoms with E-state index in [9.17, 15) is 4.79 Å². The molecule has 1 heterocycles. The van der Waals surface area contributed by atoms with Crippen LogP contribution in [-0.4, -0.2) is 28.3 Å². The van der Waals surface area contributed by atoms with Gasteiger partial charge >= 0.3 is 0 Å². The Bertz CT molecular complexity index is 340. The van der Waals surface area contributed by atoms with E-state index < -0.39 is 0 Å². The highest BCUT2D eigenvalue weighted by atomic mass is 35.5. The zero-order valence-corrected chi connectivity index (χ0v) is 10.3. The molecule has 88 valence electrons. The fourth-order valence-electron chi connectivity index (χ4n) is 1.18. The first kappa shape index (κ1) is 12.9. The van der Waals surface area contributed by atoms with Crippen molar-refractivity contribution in [1.29, 1.82) is 0 Å². The van der Waals surface area contributed by atoms with Crippen LogP contribution in [0.2, 0.25) is 0 Å². The van der Waals surface area contributed by atoms with Crippen LogP contribution in [0.1, 0.15) is 30.6 Å². The second kappa shape index (κ2) is 5.80. The fraction of sp³-hybridized carbons (Fsp3) is 0.545. The van der Waals surface area contributed by atoms with Crippen LogP contribution in [-0.2, 0) is 0 Å². The highest BCUT2D eigenvalue weighted by Crippen LogP contribution is 2.19. The SMILES string of the molecule is CC(C)(CCCl)CNC(=O)c1cncnc1. The van der Waals surface area contributed by atoms with Gasteiger partial charge in [-0.05, 0) is 11.8 Å². The lowest BCUT2D eigenvalue weighted by atomic mass is 9.90. The van der Waals surface area contributed by atoms with Gasteiger partial charge < -0.3 is 5.32 Å². The summed E-state index contributed by atoms with van der Waals surface area (Å²) in [5.74, 6) is 0.445. The van der Waals surface area contributed by atoms with Crippen LogP contribution in [0.25, 0.3) is 0 Å². The summed E-state index contributed by atoms with van der Waals surface area (Å²) in [7, 11) is 0. The highest BCUT2D eigenvalue weighted by Gasteiger charge is 2.18. The van der Waals surface area contributed by atoms with Gasteiger partial charge in [0, 0.05) is 24.8 Å². The van der Waals surface area contributed by atoms with Gasteiger partial charge in [-0.15, -0.1) is 11.6 Å². The van der Waals surface area contributed by atoms with Crippen molar-refractivity contribution in [3.05, 3.63) is 24.3 Å². The third-order valence-corrected chi connectivity index (χ3v) is 2.51. The van der Waals surface area contributed by atoms with Gasteiger partial charge in [0.25, 0.3) is 5.91 Å². The van der Waals surface area contributed by atoms with Gasteiger partial charge in [0.15, 0.2) is 0 Å². The topological polar surface area (TPSA) is 54.9 Å². The summed E-state index contributed by atoms with van der Waals surface area (Å²) in [5, 5.41) is 2.85. The minimum absolute atomic E-state index is 0.00699. The van der Waals surface area contributed by atoms with E-state index in [-0.39, 0.29) is 11.3 Å². The molecule has 0 bridgehead atoms. The van der Waals surface area contributed by atoms with Crippen LogP contribution >= 0.6 is 11.6 Å². The summed E-state index contributed by atoms with van der Waals surface area (Å²) in [5.41, 5.74) is 0.483. The predicted octanol–water partition coefficient (Wildman–Crippen LogP) is 1.86. The number of rotatable bonds is 5. The van der Waals surface area contributed by atoms with Gasteiger partial charge in [0.2, 0.25) is 0 Å². The summed E-state index contributed by atoms with van der Waals surface area (Å²) in [6.07, 6.45) is 5.25. The van der Waals surface area contributed by atoms with Crippen molar-refractivity contribution in [2.24, 2.45) is 5.41 Å². The molecular weight excluding hydrogens is 226 g/mol. The Morgan fingerprint density at radius 3 is 2.62 bits per heavy atom. The van der Waals surface area contributed by atoms with Gasteiger partial charge in [-0.3, -0.25) is 4.79 Å². The van der Waals surface area contributed by atoms with Crippen molar-refractivity contribution >= 4 is 17.5 Å². The van der Waals surface area contributed by atoms with Gasteiger partial charge in [-0.25, -0.2) is 9.97 Å². The lowest BCUT2D eigenvalue weighted by molar-refractivity contribution is 0.0935. The molecule has 1 aromatic heterocycles. The van der Waals surface area contributed by atoms with E-state index in [1.54, 1.807) is 0 Å². The molecule has 5 heteroatoms. The number of hydrogen-bond donors (Lipinski definition) is 1. The highest BCUT2D eigenvalue weighted by molar-refractivity contribution is 6.17. The molecule has 1 N–H and O–H groups in total. The standard InChI is InChI=1S/C11H16ClN3O/c1-11(2,3-4-12)7-15-10(16)9-5-13-8-14-6-9/h5-6,8H,3-4,7H2,1-2H3,(H,15,16). The summed E-state index contributed by atoms with van der Waals surface area (Å²) in [6.45, 7) is 4.72. The molecule has 0 saturated carbocycles. The van der Waals surface area contributed by atoms with Crippen molar-refractivity contribution in [3.8, 4) is 0 Å². The monoisotopic (exact) mass is 241 g/mol. The van der Waals surface area contributed by atoms with Crippen molar-refractivity contribution in [1.82, 2.24) is 15.3 Å². The van der Waals surface area contributed by atoms with Crippen LogP contribution in [0.15, 0.2) is 18.7 Å². The van der Waals surface area contributed by atoms with Crippen molar-refractivity contribution in [3.63, 3.8) is 0 Å². The number of nitrogens with one attached hydrogen (secondary N) is 1.